The van der Waals surface area contributed by atoms with Gasteiger partial charge in [-0.2, -0.15) is 13.2 Å². The second-order valence-corrected chi connectivity index (χ2v) is 6.60. The summed E-state index contributed by atoms with van der Waals surface area (Å²) in [6, 6.07) is 5.49. The highest BCUT2D eigenvalue weighted by molar-refractivity contribution is 6.00. The molecule has 0 radical (unpaired) electrons. The Morgan fingerprint density at radius 1 is 1.25 bits per heavy atom. The first-order valence-electron chi connectivity index (χ1n) is 8.86. The Balaban J connectivity index is 1.82. The van der Waals surface area contributed by atoms with Crippen LogP contribution in [0.5, 0.6) is 0 Å². The molecule has 1 aromatic heterocycles. The number of furan rings is 1. The third-order valence-corrected chi connectivity index (χ3v) is 4.62. The average Bonchev–Trinajstić information content (AvgIpc) is 3.21. The van der Waals surface area contributed by atoms with Gasteiger partial charge in [-0.15, -0.1) is 0 Å². The van der Waals surface area contributed by atoms with Crippen molar-refractivity contribution in [3.8, 4) is 0 Å². The summed E-state index contributed by atoms with van der Waals surface area (Å²) in [6.45, 7) is 0.271. The van der Waals surface area contributed by atoms with Crippen molar-refractivity contribution in [1.29, 1.82) is 0 Å². The summed E-state index contributed by atoms with van der Waals surface area (Å²) in [7, 11) is 0. The number of nitrogens with one attached hydrogen (secondary N) is 1. The molecule has 0 saturated carbocycles. The van der Waals surface area contributed by atoms with Gasteiger partial charge in [0, 0.05) is 18.8 Å². The van der Waals surface area contributed by atoms with Crippen LogP contribution in [0.3, 0.4) is 0 Å². The molecule has 1 fully saturated rings. The molecule has 1 aliphatic heterocycles. The highest BCUT2D eigenvalue weighted by Crippen LogP contribution is 2.32. The number of rotatable bonds is 4. The maximum absolute atomic E-state index is 13.1. The Morgan fingerprint density at radius 3 is 2.68 bits per heavy atom. The molecular formula is C19H20F3N3O3. The van der Waals surface area contributed by atoms with Gasteiger partial charge in [0.25, 0.3) is 5.91 Å². The van der Waals surface area contributed by atoms with E-state index in [1.165, 1.54) is 23.3 Å². The van der Waals surface area contributed by atoms with E-state index in [0.29, 0.717) is 13.0 Å². The minimum Gasteiger partial charge on any atom is -0.459 e. The van der Waals surface area contributed by atoms with Crippen LogP contribution in [0.25, 0.3) is 0 Å². The van der Waals surface area contributed by atoms with Gasteiger partial charge in [-0.25, -0.2) is 0 Å². The van der Waals surface area contributed by atoms with Gasteiger partial charge in [0.1, 0.15) is 6.04 Å². The van der Waals surface area contributed by atoms with Gasteiger partial charge in [-0.3, -0.25) is 9.59 Å². The molecule has 0 aliphatic carbocycles. The summed E-state index contributed by atoms with van der Waals surface area (Å²) in [5.41, 5.74) is 4.83. The number of alkyl halides is 3. The molecule has 0 bridgehead atoms. The number of benzene rings is 1. The van der Waals surface area contributed by atoms with Crippen LogP contribution in [0.15, 0.2) is 41.0 Å². The number of hydrogen-bond acceptors (Lipinski definition) is 4. The fourth-order valence-electron chi connectivity index (χ4n) is 3.26. The van der Waals surface area contributed by atoms with E-state index in [1.54, 1.807) is 6.07 Å². The second-order valence-electron chi connectivity index (χ2n) is 6.60. The number of halogens is 3. The first-order chi connectivity index (χ1) is 13.3. The molecule has 6 nitrogen and oxygen atoms in total. The van der Waals surface area contributed by atoms with Crippen molar-refractivity contribution in [3.05, 3.63) is 53.5 Å². The van der Waals surface area contributed by atoms with E-state index in [4.69, 9.17) is 10.2 Å². The summed E-state index contributed by atoms with van der Waals surface area (Å²) in [5.74, 6) is -0.845. The number of likely N-dealkylation sites (tertiary alicyclic amines) is 1. The Hall–Kier alpha value is -2.81. The van der Waals surface area contributed by atoms with Gasteiger partial charge < -0.3 is 20.4 Å². The van der Waals surface area contributed by atoms with Gasteiger partial charge in [-0.1, -0.05) is 0 Å². The molecule has 2 heterocycles. The Bertz CT molecular complexity index is 850. The zero-order chi connectivity index (χ0) is 20.3. The highest BCUT2D eigenvalue weighted by atomic mass is 19.4. The molecule has 3 N–H and O–H groups in total. The SMILES string of the molecule is NCc1cc(NC(=O)C2CCCCN2C(=O)c2ccco2)cc(C(F)(F)F)c1. The van der Waals surface area contributed by atoms with Gasteiger partial charge in [-0.05, 0) is 55.2 Å². The molecule has 1 atom stereocenters. The fourth-order valence-corrected chi connectivity index (χ4v) is 3.26. The van der Waals surface area contributed by atoms with Crippen LogP contribution in [0, 0.1) is 0 Å². The Morgan fingerprint density at radius 2 is 2.04 bits per heavy atom. The number of carbonyl (C=O) groups is 2. The normalized spacial score (nSPS) is 17.4. The second kappa shape index (κ2) is 8.05. The first-order valence-corrected chi connectivity index (χ1v) is 8.86. The van der Waals surface area contributed by atoms with Crippen molar-refractivity contribution in [1.82, 2.24) is 4.90 Å². The molecule has 150 valence electrons. The quantitative estimate of drug-likeness (QED) is 0.831. The van der Waals surface area contributed by atoms with Crippen LogP contribution in [0.4, 0.5) is 18.9 Å². The van der Waals surface area contributed by atoms with E-state index in [-0.39, 0.29) is 23.6 Å². The van der Waals surface area contributed by atoms with Crippen molar-refractivity contribution in [2.45, 2.75) is 38.0 Å². The Labute approximate surface area is 159 Å². The van der Waals surface area contributed by atoms with E-state index in [0.717, 1.165) is 25.0 Å². The van der Waals surface area contributed by atoms with Crippen LogP contribution < -0.4 is 11.1 Å². The van der Waals surface area contributed by atoms with Crippen LogP contribution in [-0.2, 0) is 17.5 Å². The summed E-state index contributed by atoms with van der Waals surface area (Å²) >= 11 is 0. The maximum Gasteiger partial charge on any atom is 0.416 e. The number of anilines is 1. The molecule has 1 aliphatic rings. The minimum absolute atomic E-state index is 0.00348. The van der Waals surface area contributed by atoms with Gasteiger partial charge in [0.05, 0.1) is 11.8 Å². The van der Waals surface area contributed by atoms with Crippen molar-refractivity contribution in [2.75, 3.05) is 11.9 Å². The van der Waals surface area contributed by atoms with Crippen LogP contribution in [0.2, 0.25) is 0 Å². The lowest BCUT2D eigenvalue weighted by Crippen LogP contribution is -2.49. The standard InChI is InChI=1S/C19H20F3N3O3/c20-19(21,22)13-8-12(11-23)9-14(10-13)24-17(26)15-4-1-2-6-25(15)18(27)16-5-3-7-28-16/h3,5,7-10,15H,1-2,4,6,11,23H2,(H,24,26). The largest absolute Gasteiger partial charge is 0.459 e. The zero-order valence-corrected chi connectivity index (χ0v) is 15.0. The molecule has 1 unspecified atom stereocenters. The zero-order valence-electron chi connectivity index (χ0n) is 15.0. The lowest BCUT2D eigenvalue weighted by molar-refractivity contribution is -0.137. The monoisotopic (exact) mass is 395 g/mol. The molecular weight excluding hydrogens is 375 g/mol. The van der Waals surface area contributed by atoms with E-state index in [9.17, 15) is 22.8 Å². The topological polar surface area (TPSA) is 88.6 Å². The number of nitrogens with two attached hydrogens (primary N) is 1. The smallest absolute Gasteiger partial charge is 0.416 e. The van der Waals surface area contributed by atoms with E-state index < -0.39 is 29.6 Å². The van der Waals surface area contributed by atoms with E-state index in [1.807, 2.05) is 0 Å². The van der Waals surface area contributed by atoms with E-state index in [2.05, 4.69) is 5.32 Å². The van der Waals surface area contributed by atoms with Gasteiger partial charge in [0.15, 0.2) is 5.76 Å². The third kappa shape index (κ3) is 4.36. The summed E-state index contributed by atoms with van der Waals surface area (Å²) in [5, 5.41) is 2.51. The highest BCUT2D eigenvalue weighted by Gasteiger charge is 2.35. The molecule has 28 heavy (non-hydrogen) atoms. The number of piperidine rings is 1. The summed E-state index contributed by atoms with van der Waals surface area (Å²) in [6.07, 6.45) is -1.31. The summed E-state index contributed by atoms with van der Waals surface area (Å²) < 4.78 is 44.4. The van der Waals surface area contributed by atoms with Crippen LogP contribution in [0.1, 0.15) is 40.9 Å². The minimum atomic E-state index is -4.56. The fraction of sp³-hybridized carbons (Fsp3) is 0.368. The van der Waals surface area contributed by atoms with Crippen LogP contribution >= 0.6 is 0 Å². The maximum atomic E-state index is 13.1. The number of amides is 2. The molecule has 1 aromatic carbocycles. The van der Waals surface area contributed by atoms with Gasteiger partial charge >= 0.3 is 6.18 Å². The molecule has 3 rings (SSSR count). The first kappa shape index (κ1) is 19.9. The van der Waals surface area contributed by atoms with Crippen molar-refractivity contribution >= 4 is 17.5 Å². The molecule has 2 amide bonds. The molecule has 9 heteroatoms. The average molecular weight is 395 g/mol. The molecule has 2 aromatic rings. The van der Waals surface area contributed by atoms with Crippen molar-refractivity contribution in [3.63, 3.8) is 0 Å². The Kier molecular flexibility index (Phi) is 5.73. The van der Waals surface area contributed by atoms with E-state index >= 15 is 0 Å². The molecule has 1 saturated heterocycles. The van der Waals surface area contributed by atoms with Crippen molar-refractivity contribution < 1.29 is 27.2 Å². The van der Waals surface area contributed by atoms with Crippen molar-refractivity contribution in [2.24, 2.45) is 5.73 Å². The number of hydrogen-bond donors (Lipinski definition) is 2. The third-order valence-electron chi connectivity index (χ3n) is 4.62. The summed E-state index contributed by atoms with van der Waals surface area (Å²) in [4.78, 5) is 26.8. The lowest BCUT2D eigenvalue weighted by atomic mass is 10.0. The molecule has 0 spiro atoms. The number of carbonyl (C=O) groups excluding carboxylic acids is 2. The van der Waals surface area contributed by atoms with Gasteiger partial charge in [0.2, 0.25) is 5.91 Å². The lowest BCUT2D eigenvalue weighted by Gasteiger charge is -2.34. The predicted octanol–water partition coefficient (Wildman–Crippen LogP) is 3.39. The van der Waals surface area contributed by atoms with Crippen LogP contribution in [-0.4, -0.2) is 29.3 Å². The predicted molar refractivity (Wildman–Crippen MR) is 95.3 cm³/mol. The number of nitrogens with zero attached hydrogens (tertiary/aromatic N) is 1.